The van der Waals surface area contributed by atoms with Gasteiger partial charge >= 0.3 is 11.7 Å². The Morgan fingerprint density at radius 3 is 2.56 bits per heavy atom. The molecule has 0 saturated carbocycles. The van der Waals surface area contributed by atoms with Gasteiger partial charge in [0.2, 0.25) is 5.75 Å². The molecule has 3 aromatic rings. The number of benzene rings is 2. The van der Waals surface area contributed by atoms with E-state index in [-0.39, 0.29) is 21.8 Å². The molecular formula is C25H23N3O7S. The van der Waals surface area contributed by atoms with Crippen LogP contribution in [0.4, 0.5) is 5.69 Å². The maximum Gasteiger partial charge on any atom is 0.338 e. The summed E-state index contributed by atoms with van der Waals surface area (Å²) < 4.78 is 12.3. The van der Waals surface area contributed by atoms with Gasteiger partial charge in [-0.1, -0.05) is 35.6 Å². The van der Waals surface area contributed by atoms with E-state index in [1.54, 1.807) is 45.0 Å². The standard InChI is InChI=1S/C25H23N3O7S/c1-13(2)35-24(31)20-14(3)26-25-27(21(20)15-8-10-17(34-4)11-9-15)23(30)19(36-25)12-16-6-5-7-18(22(16)29)28(32)33/h5-13,21,29H,1-4H3. The van der Waals surface area contributed by atoms with Crippen molar-refractivity contribution in [2.45, 2.75) is 32.9 Å². The molecule has 1 aromatic heterocycles. The van der Waals surface area contributed by atoms with Gasteiger partial charge in [-0.25, -0.2) is 9.79 Å². The molecule has 0 aliphatic carbocycles. The number of aromatic hydroxyl groups is 1. The first-order valence-electron chi connectivity index (χ1n) is 11.0. The molecule has 1 unspecified atom stereocenters. The number of nitro benzene ring substituents is 1. The van der Waals surface area contributed by atoms with Crippen LogP contribution in [0.25, 0.3) is 6.08 Å². The van der Waals surface area contributed by atoms with Crippen LogP contribution in [0.1, 0.15) is 37.9 Å². The SMILES string of the molecule is COc1ccc(C2C(C(=O)OC(C)C)=C(C)N=c3sc(=Cc4cccc([N+](=O)[O-])c4O)c(=O)n32)cc1. The van der Waals surface area contributed by atoms with Gasteiger partial charge < -0.3 is 14.6 Å². The summed E-state index contributed by atoms with van der Waals surface area (Å²) in [6.07, 6.45) is 0.999. The number of allylic oxidation sites excluding steroid dienone is 1. The highest BCUT2D eigenvalue weighted by atomic mass is 32.1. The van der Waals surface area contributed by atoms with E-state index in [1.165, 1.54) is 36.0 Å². The van der Waals surface area contributed by atoms with Crippen molar-refractivity contribution >= 4 is 29.1 Å². The van der Waals surface area contributed by atoms with Crippen molar-refractivity contribution in [3.05, 3.63) is 94.7 Å². The molecule has 2 heterocycles. The molecule has 11 heteroatoms. The summed E-state index contributed by atoms with van der Waals surface area (Å²) in [5.74, 6) is -0.519. The van der Waals surface area contributed by atoms with Crippen LogP contribution in [-0.2, 0) is 9.53 Å². The quantitative estimate of drug-likeness (QED) is 0.307. The number of carbonyl (C=O) groups excluding carboxylic acids is 1. The number of phenols is 1. The molecule has 36 heavy (non-hydrogen) atoms. The minimum Gasteiger partial charge on any atom is -0.502 e. The molecule has 0 saturated heterocycles. The summed E-state index contributed by atoms with van der Waals surface area (Å²) in [4.78, 5) is 42.1. The van der Waals surface area contributed by atoms with E-state index in [2.05, 4.69) is 4.99 Å². The number of nitro groups is 1. The number of aromatic nitrogens is 1. The number of rotatable bonds is 6. The molecule has 1 N–H and O–H groups in total. The molecule has 4 rings (SSSR count). The summed E-state index contributed by atoms with van der Waals surface area (Å²) in [6.45, 7) is 5.14. The van der Waals surface area contributed by atoms with E-state index in [0.29, 0.717) is 21.8 Å². The third-order valence-corrected chi connectivity index (χ3v) is 6.53. The normalized spacial score (nSPS) is 15.5. The summed E-state index contributed by atoms with van der Waals surface area (Å²) in [7, 11) is 1.54. The Labute approximate surface area is 209 Å². The zero-order valence-electron chi connectivity index (χ0n) is 19.9. The molecule has 0 spiro atoms. The molecule has 0 radical (unpaired) electrons. The van der Waals surface area contributed by atoms with Gasteiger partial charge in [0.05, 0.1) is 40.0 Å². The van der Waals surface area contributed by atoms with Crippen LogP contribution in [0.3, 0.4) is 0 Å². The number of para-hydroxylation sites is 1. The third-order valence-electron chi connectivity index (χ3n) is 5.55. The number of ether oxygens (including phenoxy) is 2. The smallest absolute Gasteiger partial charge is 0.338 e. The molecule has 1 aliphatic rings. The molecule has 2 aromatic carbocycles. The lowest BCUT2D eigenvalue weighted by Crippen LogP contribution is -2.40. The zero-order chi connectivity index (χ0) is 26.1. The molecule has 0 amide bonds. The van der Waals surface area contributed by atoms with Crippen LogP contribution in [0, 0.1) is 10.1 Å². The number of methoxy groups -OCH3 is 1. The number of phenolic OH excluding ortho intramolecular Hbond substituents is 1. The Morgan fingerprint density at radius 2 is 1.94 bits per heavy atom. The second kappa shape index (κ2) is 9.78. The largest absolute Gasteiger partial charge is 0.502 e. The first-order chi connectivity index (χ1) is 17.1. The minimum atomic E-state index is -0.820. The summed E-state index contributed by atoms with van der Waals surface area (Å²) in [5.41, 5.74) is 0.464. The predicted octanol–water partition coefficient (Wildman–Crippen LogP) is 2.81. The van der Waals surface area contributed by atoms with Crippen molar-refractivity contribution in [1.82, 2.24) is 4.57 Å². The molecule has 0 bridgehead atoms. The van der Waals surface area contributed by atoms with E-state index in [1.807, 2.05) is 0 Å². The van der Waals surface area contributed by atoms with Gasteiger partial charge in [-0.05, 0) is 44.5 Å². The zero-order valence-corrected chi connectivity index (χ0v) is 20.7. The van der Waals surface area contributed by atoms with E-state index in [9.17, 15) is 24.8 Å². The fourth-order valence-corrected chi connectivity index (χ4v) is 4.95. The van der Waals surface area contributed by atoms with Crippen molar-refractivity contribution in [3.63, 3.8) is 0 Å². The maximum atomic E-state index is 13.6. The third kappa shape index (κ3) is 4.52. The Hall–Kier alpha value is -4.25. The van der Waals surface area contributed by atoms with Gasteiger partial charge in [0.15, 0.2) is 4.80 Å². The van der Waals surface area contributed by atoms with Crippen LogP contribution >= 0.6 is 11.3 Å². The molecular weight excluding hydrogens is 486 g/mol. The van der Waals surface area contributed by atoms with Gasteiger partial charge in [-0.2, -0.15) is 0 Å². The Kier molecular flexibility index (Phi) is 6.75. The fourth-order valence-electron chi connectivity index (χ4n) is 3.92. The number of nitrogens with zero attached hydrogens (tertiary/aromatic N) is 3. The van der Waals surface area contributed by atoms with Crippen LogP contribution in [0.15, 0.2) is 63.5 Å². The van der Waals surface area contributed by atoms with Crippen LogP contribution < -0.4 is 19.6 Å². The number of carbonyl (C=O) groups is 1. The predicted molar refractivity (Wildman–Crippen MR) is 133 cm³/mol. The topological polar surface area (TPSA) is 133 Å². The van der Waals surface area contributed by atoms with Crippen LogP contribution in [-0.4, -0.2) is 33.8 Å². The van der Waals surface area contributed by atoms with Gasteiger partial charge in [0.25, 0.3) is 5.56 Å². The average molecular weight is 510 g/mol. The number of fused-ring (bicyclic) bond motifs is 1. The first kappa shape index (κ1) is 24.9. The number of hydrogen-bond donors (Lipinski definition) is 1. The van der Waals surface area contributed by atoms with Crippen molar-refractivity contribution in [2.75, 3.05) is 7.11 Å². The summed E-state index contributed by atoms with van der Waals surface area (Å²) in [6, 6.07) is 10.2. The highest BCUT2D eigenvalue weighted by molar-refractivity contribution is 7.07. The second-order valence-electron chi connectivity index (χ2n) is 8.28. The minimum absolute atomic E-state index is 0.116. The molecule has 186 valence electrons. The second-order valence-corrected chi connectivity index (χ2v) is 9.29. The number of hydrogen-bond acceptors (Lipinski definition) is 9. The number of thiazole rings is 1. The van der Waals surface area contributed by atoms with Gasteiger partial charge in [0.1, 0.15) is 5.75 Å². The van der Waals surface area contributed by atoms with Crippen LogP contribution in [0.5, 0.6) is 11.5 Å². The number of esters is 1. The van der Waals surface area contributed by atoms with Gasteiger partial charge in [0, 0.05) is 11.6 Å². The first-order valence-corrected chi connectivity index (χ1v) is 11.8. The van der Waals surface area contributed by atoms with Gasteiger partial charge in [-0.3, -0.25) is 19.5 Å². The van der Waals surface area contributed by atoms with Crippen molar-refractivity contribution < 1.29 is 24.3 Å². The monoisotopic (exact) mass is 509 g/mol. The van der Waals surface area contributed by atoms with Crippen molar-refractivity contribution in [3.8, 4) is 11.5 Å². The van der Waals surface area contributed by atoms with Crippen molar-refractivity contribution in [1.29, 1.82) is 0 Å². The van der Waals surface area contributed by atoms with Gasteiger partial charge in [-0.15, -0.1) is 0 Å². The van der Waals surface area contributed by atoms with E-state index >= 15 is 0 Å². The Balaban J connectivity index is 1.95. The average Bonchev–Trinajstić information content (AvgIpc) is 3.13. The fraction of sp³-hybridized carbons (Fsp3) is 0.240. The van der Waals surface area contributed by atoms with Crippen LogP contribution in [0.2, 0.25) is 0 Å². The molecule has 1 atom stereocenters. The van der Waals surface area contributed by atoms with E-state index < -0.39 is 33.9 Å². The highest BCUT2D eigenvalue weighted by Crippen LogP contribution is 2.32. The lowest BCUT2D eigenvalue weighted by molar-refractivity contribution is -0.385. The summed E-state index contributed by atoms with van der Waals surface area (Å²) >= 11 is 1.05. The Morgan fingerprint density at radius 1 is 1.25 bits per heavy atom. The van der Waals surface area contributed by atoms with E-state index in [0.717, 1.165) is 11.3 Å². The molecule has 10 nitrogen and oxygen atoms in total. The summed E-state index contributed by atoms with van der Waals surface area (Å²) in [5, 5.41) is 21.6. The lowest BCUT2D eigenvalue weighted by atomic mass is 9.96. The molecule has 1 aliphatic heterocycles. The lowest BCUT2D eigenvalue weighted by Gasteiger charge is -2.25. The van der Waals surface area contributed by atoms with Crippen molar-refractivity contribution in [2.24, 2.45) is 4.99 Å². The Bertz CT molecular complexity index is 1570. The maximum absolute atomic E-state index is 13.6. The molecule has 0 fully saturated rings. The highest BCUT2D eigenvalue weighted by Gasteiger charge is 2.34. The van der Waals surface area contributed by atoms with E-state index in [4.69, 9.17) is 9.47 Å².